The zero-order valence-corrected chi connectivity index (χ0v) is 30.6. The predicted molar refractivity (Wildman–Crippen MR) is 237 cm³/mol. The van der Waals surface area contributed by atoms with Gasteiger partial charge >= 0.3 is 0 Å². The van der Waals surface area contributed by atoms with Crippen LogP contribution in [0.25, 0.3) is 87.6 Å². The molecule has 0 aliphatic rings. The average Bonchev–Trinajstić information content (AvgIpc) is 3.65. The Balaban J connectivity index is 0.976. The molecule has 262 valence electrons. The molecule has 10 aromatic carbocycles. The third-order valence-corrected chi connectivity index (χ3v) is 11.2. The summed E-state index contributed by atoms with van der Waals surface area (Å²) < 4.78 is 6.16. The van der Waals surface area contributed by atoms with Crippen molar-refractivity contribution in [3.63, 3.8) is 0 Å². The van der Waals surface area contributed by atoms with Crippen molar-refractivity contribution in [3.8, 4) is 33.4 Å². The molecule has 0 aliphatic heterocycles. The monoisotopic (exact) mass is 713 g/mol. The fourth-order valence-corrected chi connectivity index (χ4v) is 8.41. The smallest absolute Gasteiger partial charge is 0.135 e. The molecular weight excluding hydrogens is 679 g/mol. The molecule has 0 atom stereocenters. The standard InChI is InChI=1S/C54H35NO/c1-2-12-45(13-3-1)55(52-30-29-47(48-14-6-7-15-49(48)52)43-26-31-54-51(35-43)50-16-8-9-17-53(50)56-54)46-27-24-37(25-28-46)40-21-19-38-20-23-42(34-44(38)33-40)41-22-18-36-10-4-5-11-39(36)32-41/h1-35H. The number of furan rings is 1. The summed E-state index contributed by atoms with van der Waals surface area (Å²) in [6, 6.07) is 76.6. The van der Waals surface area contributed by atoms with Crippen LogP contribution in [0.4, 0.5) is 17.1 Å². The second-order valence-corrected chi connectivity index (χ2v) is 14.5. The number of anilines is 3. The Bertz CT molecular complexity index is 3250. The third-order valence-electron chi connectivity index (χ3n) is 11.2. The molecule has 11 rings (SSSR count). The molecule has 0 spiro atoms. The Morgan fingerprint density at radius 2 is 0.821 bits per heavy atom. The molecule has 0 fully saturated rings. The minimum absolute atomic E-state index is 0.907. The minimum atomic E-state index is 0.907. The van der Waals surface area contributed by atoms with Crippen LogP contribution in [0.3, 0.4) is 0 Å². The summed E-state index contributed by atoms with van der Waals surface area (Å²) in [5.74, 6) is 0. The Morgan fingerprint density at radius 3 is 1.59 bits per heavy atom. The molecule has 11 aromatic rings. The van der Waals surface area contributed by atoms with Crippen molar-refractivity contribution in [3.05, 3.63) is 212 Å². The van der Waals surface area contributed by atoms with Crippen molar-refractivity contribution in [1.29, 1.82) is 0 Å². The first-order chi connectivity index (χ1) is 27.7. The van der Waals surface area contributed by atoms with Gasteiger partial charge in [0, 0.05) is 27.5 Å². The summed E-state index contributed by atoms with van der Waals surface area (Å²) in [5.41, 5.74) is 12.4. The lowest BCUT2D eigenvalue weighted by molar-refractivity contribution is 0.669. The fraction of sp³-hybridized carbons (Fsp3) is 0. The number of nitrogens with zero attached hydrogens (tertiary/aromatic N) is 1. The van der Waals surface area contributed by atoms with E-state index in [9.17, 15) is 0 Å². The topological polar surface area (TPSA) is 16.4 Å². The van der Waals surface area contributed by atoms with Gasteiger partial charge in [-0.25, -0.2) is 0 Å². The SMILES string of the molecule is c1ccc(N(c2ccc(-c3ccc4ccc(-c5ccc6ccccc6c5)cc4c3)cc2)c2ccc(-c3ccc4oc5ccccc5c4c3)c3ccccc23)cc1. The van der Waals surface area contributed by atoms with Crippen molar-refractivity contribution in [1.82, 2.24) is 0 Å². The maximum absolute atomic E-state index is 6.16. The van der Waals surface area contributed by atoms with Crippen molar-refractivity contribution in [2.24, 2.45) is 0 Å². The molecule has 56 heavy (non-hydrogen) atoms. The van der Waals surface area contributed by atoms with Crippen LogP contribution in [0.2, 0.25) is 0 Å². The second kappa shape index (κ2) is 13.2. The zero-order chi connectivity index (χ0) is 37.0. The number of para-hydroxylation sites is 2. The summed E-state index contributed by atoms with van der Waals surface area (Å²) in [4.78, 5) is 2.37. The van der Waals surface area contributed by atoms with Gasteiger partial charge in [-0.3, -0.25) is 0 Å². The van der Waals surface area contributed by atoms with Gasteiger partial charge in [0.2, 0.25) is 0 Å². The van der Waals surface area contributed by atoms with Crippen LogP contribution in [0.15, 0.2) is 217 Å². The summed E-state index contributed by atoms with van der Waals surface area (Å²) >= 11 is 0. The lowest BCUT2D eigenvalue weighted by atomic mass is 9.95. The van der Waals surface area contributed by atoms with Gasteiger partial charge in [0.15, 0.2) is 0 Å². The van der Waals surface area contributed by atoms with E-state index >= 15 is 0 Å². The Hall–Kier alpha value is -7.42. The van der Waals surface area contributed by atoms with E-state index in [2.05, 4.69) is 205 Å². The van der Waals surface area contributed by atoms with E-state index in [1.165, 1.54) is 65.7 Å². The molecular formula is C54H35NO. The first kappa shape index (κ1) is 32.0. The van der Waals surface area contributed by atoms with E-state index in [4.69, 9.17) is 4.42 Å². The lowest BCUT2D eigenvalue weighted by Crippen LogP contribution is -2.10. The molecule has 0 radical (unpaired) electrons. The summed E-state index contributed by atoms with van der Waals surface area (Å²) in [6.45, 7) is 0. The highest BCUT2D eigenvalue weighted by Crippen LogP contribution is 2.43. The highest BCUT2D eigenvalue weighted by molar-refractivity contribution is 6.10. The van der Waals surface area contributed by atoms with E-state index in [1.54, 1.807) is 0 Å². The van der Waals surface area contributed by atoms with Gasteiger partial charge < -0.3 is 9.32 Å². The zero-order valence-electron chi connectivity index (χ0n) is 30.6. The Morgan fingerprint density at radius 1 is 0.286 bits per heavy atom. The number of fused-ring (bicyclic) bond motifs is 6. The first-order valence-electron chi connectivity index (χ1n) is 19.2. The Kier molecular flexibility index (Phi) is 7.53. The van der Waals surface area contributed by atoms with Crippen molar-refractivity contribution >= 4 is 71.3 Å². The van der Waals surface area contributed by atoms with Gasteiger partial charge in [-0.15, -0.1) is 0 Å². The molecule has 2 nitrogen and oxygen atoms in total. The predicted octanol–water partition coefficient (Wildman–Crippen LogP) is 15.5. The van der Waals surface area contributed by atoms with Gasteiger partial charge in [0.25, 0.3) is 0 Å². The first-order valence-corrected chi connectivity index (χ1v) is 19.2. The van der Waals surface area contributed by atoms with Crippen molar-refractivity contribution in [2.45, 2.75) is 0 Å². The molecule has 0 saturated heterocycles. The highest BCUT2D eigenvalue weighted by Gasteiger charge is 2.18. The van der Waals surface area contributed by atoms with Crippen LogP contribution in [-0.2, 0) is 0 Å². The van der Waals surface area contributed by atoms with E-state index in [0.29, 0.717) is 0 Å². The van der Waals surface area contributed by atoms with Crippen LogP contribution < -0.4 is 4.90 Å². The number of benzene rings is 10. The third kappa shape index (κ3) is 5.51. The van der Waals surface area contributed by atoms with Gasteiger partial charge in [-0.2, -0.15) is 0 Å². The second-order valence-electron chi connectivity index (χ2n) is 14.5. The molecule has 1 heterocycles. The van der Waals surface area contributed by atoms with E-state index < -0.39 is 0 Å². The van der Waals surface area contributed by atoms with Gasteiger partial charge in [-0.05, 0) is 127 Å². The molecule has 0 N–H and O–H groups in total. The highest BCUT2D eigenvalue weighted by atomic mass is 16.3. The maximum atomic E-state index is 6.16. The lowest BCUT2D eigenvalue weighted by Gasteiger charge is -2.27. The van der Waals surface area contributed by atoms with Crippen LogP contribution in [0, 0.1) is 0 Å². The molecule has 0 unspecified atom stereocenters. The van der Waals surface area contributed by atoms with Gasteiger partial charge in [0.1, 0.15) is 11.2 Å². The van der Waals surface area contributed by atoms with Crippen LogP contribution >= 0.6 is 0 Å². The van der Waals surface area contributed by atoms with Crippen LogP contribution in [-0.4, -0.2) is 0 Å². The van der Waals surface area contributed by atoms with Crippen LogP contribution in [0.5, 0.6) is 0 Å². The molecule has 1 aromatic heterocycles. The molecule has 0 bridgehead atoms. The number of rotatable bonds is 6. The van der Waals surface area contributed by atoms with Gasteiger partial charge in [0.05, 0.1) is 5.69 Å². The number of hydrogen-bond acceptors (Lipinski definition) is 2. The van der Waals surface area contributed by atoms with E-state index in [1.807, 2.05) is 12.1 Å². The molecule has 0 amide bonds. The number of hydrogen-bond donors (Lipinski definition) is 0. The quantitative estimate of drug-likeness (QED) is 0.171. The minimum Gasteiger partial charge on any atom is -0.456 e. The molecule has 2 heteroatoms. The average molecular weight is 714 g/mol. The van der Waals surface area contributed by atoms with Crippen molar-refractivity contribution in [2.75, 3.05) is 4.90 Å². The Labute approximate surface area is 325 Å². The van der Waals surface area contributed by atoms with E-state index in [0.717, 1.165) is 39.0 Å². The molecule has 0 saturated carbocycles. The summed E-state index contributed by atoms with van der Waals surface area (Å²) in [5, 5.41) is 9.64. The largest absolute Gasteiger partial charge is 0.456 e. The summed E-state index contributed by atoms with van der Waals surface area (Å²) in [7, 11) is 0. The van der Waals surface area contributed by atoms with E-state index in [-0.39, 0.29) is 0 Å². The molecule has 0 aliphatic carbocycles. The van der Waals surface area contributed by atoms with Crippen LogP contribution in [0.1, 0.15) is 0 Å². The maximum Gasteiger partial charge on any atom is 0.135 e. The summed E-state index contributed by atoms with van der Waals surface area (Å²) in [6.07, 6.45) is 0. The van der Waals surface area contributed by atoms with Crippen molar-refractivity contribution < 1.29 is 4.42 Å². The fourth-order valence-electron chi connectivity index (χ4n) is 8.41. The normalized spacial score (nSPS) is 11.6. The van der Waals surface area contributed by atoms with Gasteiger partial charge in [-0.1, -0.05) is 146 Å².